The molecule has 8 heteroatoms. The summed E-state index contributed by atoms with van der Waals surface area (Å²) in [5, 5.41) is 5.43. The SMILES string of the molecule is COc1ccc(NC(C)=O)cc1NC(=O)CN(C)CC(=O)N1CCCC1. The van der Waals surface area contributed by atoms with Crippen LogP contribution in [0.15, 0.2) is 18.2 Å². The van der Waals surface area contributed by atoms with Crippen molar-refractivity contribution in [1.82, 2.24) is 9.80 Å². The van der Waals surface area contributed by atoms with E-state index in [0.29, 0.717) is 17.1 Å². The van der Waals surface area contributed by atoms with Crippen molar-refractivity contribution in [2.45, 2.75) is 19.8 Å². The van der Waals surface area contributed by atoms with Gasteiger partial charge >= 0.3 is 0 Å². The van der Waals surface area contributed by atoms with E-state index in [4.69, 9.17) is 4.74 Å². The molecule has 1 aromatic rings. The quantitative estimate of drug-likeness (QED) is 0.759. The Morgan fingerprint density at radius 2 is 1.85 bits per heavy atom. The van der Waals surface area contributed by atoms with Crippen molar-refractivity contribution in [2.24, 2.45) is 0 Å². The van der Waals surface area contributed by atoms with Gasteiger partial charge in [-0.1, -0.05) is 0 Å². The van der Waals surface area contributed by atoms with Crippen molar-refractivity contribution in [3.8, 4) is 5.75 Å². The fourth-order valence-electron chi connectivity index (χ4n) is 2.87. The number of carbonyl (C=O) groups is 3. The summed E-state index contributed by atoms with van der Waals surface area (Å²) in [7, 11) is 3.24. The number of ether oxygens (including phenoxy) is 1. The minimum absolute atomic E-state index is 0.0445. The van der Waals surface area contributed by atoms with Gasteiger partial charge in [-0.3, -0.25) is 19.3 Å². The van der Waals surface area contributed by atoms with E-state index in [9.17, 15) is 14.4 Å². The Balaban J connectivity index is 1.93. The minimum Gasteiger partial charge on any atom is -0.495 e. The normalized spacial score (nSPS) is 13.6. The number of likely N-dealkylation sites (tertiary alicyclic amines) is 1. The first-order chi connectivity index (χ1) is 12.4. The van der Waals surface area contributed by atoms with Crippen molar-refractivity contribution >= 4 is 29.1 Å². The van der Waals surface area contributed by atoms with E-state index in [-0.39, 0.29) is 30.8 Å². The molecule has 0 saturated carbocycles. The lowest BCUT2D eigenvalue weighted by molar-refractivity contribution is -0.131. The predicted octanol–water partition coefficient (Wildman–Crippen LogP) is 1.15. The second-order valence-electron chi connectivity index (χ2n) is 6.40. The standard InChI is InChI=1S/C18H26N4O4/c1-13(23)19-14-6-7-16(26-3)15(10-14)20-17(24)11-21(2)12-18(25)22-8-4-5-9-22/h6-7,10H,4-5,8-9,11-12H2,1-3H3,(H,19,23)(H,20,24). The molecular formula is C18H26N4O4. The number of nitrogens with one attached hydrogen (secondary N) is 2. The van der Waals surface area contributed by atoms with Gasteiger partial charge in [0.1, 0.15) is 5.75 Å². The zero-order chi connectivity index (χ0) is 19.1. The second kappa shape index (κ2) is 9.19. The van der Waals surface area contributed by atoms with Crippen LogP contribution in [-0.4, -0.2) is 67.9 Å². The molecule has 26 heavy (non-hydrogen) atoms. The highest BCUT2D eigenvalue weighted by molar-refractivity contribution is 5.96. The molecule has 0 radical (unpaired) electrons. The van der Waals surface area contributed by atoms with Crippen molar-refractivity contribution in [3.05, 3.63) is 18.2 Å². The van der Waals surface area contributed by atoms with Gasteiger partial charge in [-0.05, 0) is 38.1 Å². The van der Waals surface area contributed by atoms with E-state index in [2.05, 4.69) is 10.6 Å². The Labute approximate surface area is 153 Å². The van der Waals surface area contributed by atoms with Gasteiger partial charge in [-0.2, -0.15) is 0 Å². The molecule has 1 aliphatic rings. The second-order valence-corrected chi connectivity index (χ2v) is 6.40. The predicted molar refractivity (Wildman–Crippen MR) is 99.2 cm³/mol. The lowest BCUT2D eigenvalue weighted by Gasteiger charge is -2.21. The Morgan fingerprint density at radius 3 is 2.46 bits per heavy atom. The van der Waals surface area contributed by atoms with Gasteiger partial charge in [0.05, 0.1) is 25.9 Å². The van der Waals surface area contributed by atoms with Gasteiger partial charge < -0.3 is 20.3 Å². The number of rotatable bonds is 7. The van der Waals surface area contributed by atoms with E-state index < -0.39 is 0 Å². The van der Waals surface area contributed by atoms with Crippen LogP contribution in [0, 0.1) is 0 Å². The molecule has 0 unspecified atom stereocenters. The van der Waals surface area contributed by atoms with Gasteiger partial charge in [-0.15, -0.1) is 0 Å². The minimum atomic E-state index is -0.264. The summed E-state index contributed by atoms with van der Waals surface area (Å²) < 4.78 is 5.24. The molecule has 0 aliphatic carbocycles. The number of likely N-dealkylation sites (N-methyl/N-ethyl adjacent to an activating group) is 1. The molecule has 1 heterocycles. The Morgan fingerprint density at radius 1 is 1.15 bits per heavy atom. The number of nitrogens with zero attached hydrogens (tertiary/aromatic N) is 2. The number of hydrogen-bond acceptors (Lipinski definition) is 5. The van der Waals surface area contributed by atoms with Crippen molar-refractivity contribution < 1.29 is 19.1 Å². The van der Waals surface area contributed by atoms with Crippen LogP contribution in [0.25, 0.3) is 0 Å². The highest BCUT2D eigenvalue weighted by Crippen LogP contribution is 2.27. The summed E-state index contributed by atoms with van der Waals surface area (Å²) in [6.45, 7) is 3.29. The zero-order valence-corrected chi connectivity index (χ0v) is 15.5. The lowest BCUT2D eigenvalue weighted by atomic mass is 10.2. The number of carbonyl (C=O) groups excluding carboxylic acids is 3. The van der Waals surface area contributed by atoms with E-state index in [0.717, 1.165) is 25.9 Å². The van der Waals surface area contributed by atoms with Gasteiger partial charge in [-0.25, -0.2) is 0 Å². The van der Waals surface area contributed by atoms with Crippen LogP contribution in [-0.2, 0) is 14.4 Å². The number of benzene rings is 1. The maximum Gasteiger partial charge on any atom is 0.238 e. The number of methoxy groups -OCH3 is 1. The summed E-state index contributed by atoms with van der Waals surface area (Å²) in [4.78, 5) is 39.1. The fourth-order valence-corrected chi connectivity index (χ4v) is 2.87. The molecule has 2 rings (SSSR count). The number of amides is 3. The van der Waals surface area contributed by atoms with Gasteiger partial charge in [0, 0.05) is 25.7 Å². The molecule has 3 amide bonds. The topological polar surface area (TPSA) is 91.0 Å². The van der Waals surface area contributed by atoms with E-state index in [1.165, 1.54) is 14.0 Å². The van der Waals surface area contributed by atoms with Gasteiger partial charge in [0.15, 0.2) is 0 Å². The number of anilines is 2. The smallest absolute Gasteiger partial charge is 0.238 e. The molecule has 1 fully saturated rings. The number of hydrogen-bond donors (Lipinski definition) is 2. The molecule has 0 aromatic heterocycles. The molecule has 142 valence electrons. The third-order valence-electron chi connectivity index (χ3n) is 4.07. The molecule has 2 N–H and O–H groups in total. The molecule has 1 aliphatic heterocycles. The van der Waals surface area contributed by atoms with Gasteiger partial charge in [0.2, 0.25) is 17.7 Å². The van der Waals surface area contributed by atoms with Crippen LogP contribution in [0.3, 0.4) is 0 Å². The Hall–Kier alpha value is -2.61. The molecular weight excluding hydrogens is 336 g/mol. The first-order valence-corrected chi connectivity index (χ1v) is 8.61. The molecule has 0 spiro atoms. The summed E-state index contributed by atoms with van der Waals surface area (Å²) in [5.41, 5.74) is 1.02. The third kappa shape index (κ3) is 5.73. The van der Waals surface area contributed by atoms with Crippen molar-refractivity contribution in [1.29, 1.82) is 0 Å². The van der Waals surface area contributed by atoms with E-state index >= 15 is 0 Å². The van der Waals surface area contributed by atoms with Crippen LogP contribution in [0.4, 0.5) is 11.4 Å². The summed E-state index contributed by atoms with van der Waals surface area (Å²) in [6.07, 6.45) is 2.08. The maximum absolute atomic E-state index is 12.3. The average molecular weight is 362 g/mol. The Kier molecular flexibility index (Phi) is 6.97. The van der Waals surface area contributed by atoms with Crippen LogP contribution >= 0.6 is 0 Å². The third-order valence-corrected chi connectivity index (χ3v) is 4.07. The zero-order valence-electron chi connectivity index (χ0n) is 15.5. The van der Waals surface area contributed by atoms with Crippen LogP contribution in [0.5, 0.6) is 5.75 Å². The molecule has 1 aromatic carbocycles. The molecule has 8 nitrogen and oxygen atoms in total. The molecule has 0 atom stereocenters. The van der Waals surface area contributed by atoms with Crippen LogP contribution in [0.1, 0.15) is 19.8 Å². The first-order valence-electron chi connectivity index (χ1n) is 8.61. The summed E-state index contributed by atoms with van der Waals surface area (Å²) >= 11 is 0. The largest absolute Gasteiger partial charge is 0.495 e. The highest BCUT2D eigenvalue weighted by Gasteiger charge is 2.20. The average Bonchev–Trinajstić information content (AvgIpc) is 3.08. The maximum atomic E-state index is 12.3. The molecule has 1 saturated heterocycles. The van der Waals surface area contributed by atoms with E-state index in [1.807, 2.05) is 4.90 Å². The van der Waals surface area contributed by atoms with Crippen molar-refractivity contribution in [3.63, 3.8) is 0 Å². The first kappa shape index (κ1) is 19.7. The summed E-state index contributed by atoms with van der Waals surface area (Å²) in [5.74, 6) is 0.0684. The van der Waals surface area contributed by atoms with Crippen LogP contribution < -0.4 is 15.4 Å². The molecule has 0 bridgehead atoms. The fraction of sp³-hybridized carbons (Fsp3) is 0.500. The highest BCUT2D eigenvalue weighted by atomic mass is 16.5. The Bertz CT molecular complexity index is 671. The van der Waals surface area contributed by atoms with E-state index in [1.54, 1.807) is 30.1 Å². The monoisotopic (exact) mass is 362 g/mol. The van der Waals surface area contributed by atoms with Crippen LogP contribution in [0.2, 0.25) is 0 Å². The van der Waals surface area contributed by atoms with Gasteiger partial charge in [0.25, 0.3) is 0 Å². The van der Waals surface area contributed by atoms with Crippen molar-refractivity contribution in [2.75, 3.05) is 51.0 Å². The summed E-state index contributed by atoms with van der Waals surface area (Å²) in [6, 6.07) is 4.99. The lowest BCUT2D eigenvalue weighted by Crippen LogP contribution is -2.40.